The molecular weight excluding hydrogens is 252 g/mol. The fourth-order valence-corrected chi connectivity index (χ4v) is 4.14. The number of likely N-dealkylation sites (tertiary alicyclic amines) is 1. The molecule has 4 nitrogen and oxygen atoms in total. The normalized spacial score (nSPS) is 28.1. The van der Waals surface area contributed by atoms with E-state index in [4.69, 9.17) is 0 Å². The van der Waals surface area contributed by atoms with Crippen LogP contribution in [0.25, 0.3) is 0 Å². The van der Waals surface area contributed by atoms with Crippen LogP contribution in [0.15, 0.2) is 0 Å². The van der Waals surface area contributed by atoms with E-state index in [0.717, 1.165) is 12.5 Å². The molecule has 0 spiro atoms. The van der Waals surface area contributed by atoms with Crippen molar-refractivity contribution in [2.45, 2.75) is 76.9 Å². The molecule has 2 N–H and O–H groups in total. The Morgan fingerprint density at radius 3 is 2.50 bits per heavy atom. The topological polar surface area (TPSA) is 52.6 Å². The average molecular weight is 282 g/mol. The summed E-state index contributed by atoms with van der Waals surface area (Å²) in [6.07, 6.45) is 7.86. The van der Waals surface area contributed by atoms with Crippen LogP contribution in [0.2, 0.25) is 0 Å². The Bertz CT molecular complexity index is 339. The monoisotopic (exact) mass is 282 g/mol. The average Bonchev–Trinajstić information content (AvgIpc) is 2.96. The summed E-state index contributed by atoms with van der Waals surface area (Å²) in [4.78, 5) is 14.1. The van der Waals surface area contributed by atoms with Crippen LogP contribution >= 0.6 is 0 Å². The Balaban J connectivity index is 2.03. The summed E-state index contributed by atoms with van der Waals surface area (Å²) in [6, 6.07) is 0.800. The number of rotatable bonds is 6. The van der Waals surface area contributed by atoms with Crippen molar-refractivity contribution < 1.29 is 9.90 Å². The van der Waals surface area contributed by atoms with Crippen molar-refractivity contribution in [3.05, 3.63) is 0 Å². The van der Waals surface area contributed by atoms with E-state index in [2.05, 4.69) is 10.2 Å². The molecule has 1 aliphatic heterocycles. The minimum atomic E-state index is -0.838. The molecule has 2 unspecified atom stereocenters. The van der Waals surface area contributed by atoms with Crippen molar-refractivity contribution in [2.24, 2.45) is 5.92 Å². The van der Waals surface area contributed by atoms with E-state index in [-0.39, 0.29) is 6.04 Å². The number of hydrogen-bond acceptors (Lipinski definition) is 3. The van der Waals surface area contributed by atoms with Gasteiger partial charge in [-0.2, -0.15) is 0 Å². The molecule has 2 aliphatic rings. The lowest BCUT2D eigenvalue weighted by Gasteiger charge is -2.37. The maximum Gasteiger partial charge on any atom is 0.324 e. The fourth-order valence-electron chi connectivity index (χ4n) is 4.14. The van der Waals surface area contributed by atoms with E-state index in [1.165, 1.54) is 38.5 Å². The highest BCUT2D eigenvalue weighted by Gasteiger charge is 2.41. The van der Waals surface area contributed by atoms with Crippen LogP contribution in [0.4, 0.5) is 0 Å². The van der Waals surface area contributed by atoms with Gasteiger partial charge >= 0.3 is 5.97 Å². The zero-order valence-corrected chi connectivity index (χ0v) is 13.2. The molecule has 1 heterocycles. The zero-order chi connectivity index (χ0) is 14.8. The number of hydrogen-bond donors (Lipinski definition) is 2. The van der Waals surface area contributed by atoms with Crippen molar-refractivity contribution in [3.63, 3.8) is 0 Å². The molecule has 1 aliphatic carbocycles. The highest BCUT2D eigenvalue weighted by Crippen LogP contribution is 2.36. The third kappa shape index (κ3) is 3.53. The molecule has 1 saturated carbocycles. The number of carboxylic acid groups (broad SMARTS) is 1. The van der Waals surface area contributed by atoms with Crippen LogP contribution in [0, 0.1) is 5.92 Å². The van der Waals surface area contributed by atoms with E-state index < -0.39 is 11.5 Å². The summed E-state index contributed by atoms with van der Waals surface area (Å²) in [6.45, 7) is 7.55. The van der Waals surface area contributed by atoms with Gasteiger partial charge in [-0.1, -0.05) is 12.8 Å². The first-order valence-corrected chi connectivity index (χ1v) is 8.17. The van der Waals surface area contributed by atoms with Gasteiger partial charge in [0.2, 0.25) is 0 Å². The largest absolute Gasteiger partial charge is 0.480 e. The third-order valence-electron chi connectivity index (χ3n) is 4.96. The Labute approximate surface area is 122 Å². The van der Waals surface area contributed by atoms with Crippen molar-refractivity contribution >= 4 is 5.97 Å². The number of carbonyl (C=O) groups is 1. The smallest absolute Gasteiger partial charge is 0.324 e. The van der Waals surface area contributed by atoms with Crippen LogP contribution in [-0.4, -0.2) is 46.7 Å². The molecule has 2 rings (SSSR count). The Hall–Kier alpha value is -0.610. The Morgan fingerprint density at radius 1 is 1.30 bits per heavy atom. The quantitative estimate of drug-likeness (QED) is 0.786. The molecule has 0 aromatic carbocycles. The lowest BCUT2D eigenvalue weighted by molar-refractivity contribution is -0.145. The first kappa shape index (κ1) is 15.8. The molecule has 116 valence electrons. The van der Waals surface area contributed by atoms with Gasteiger partial charge in [-0.15, -0.1) is 0 Å². The number of aliphatic carboxylic acids is 1. The molecule has 0 aromatic heterocycles. The van der Waals surface area contributed by atoms with E-state index in [0.29, 0.717) is 12.6 Å². The lowest BCUT2D eigenvalue weighted by Crippen LogP contribution is -2.59. The van der Waals surface area contributed by atoms with Gasteiger partial charge in [0, 0.05) is 18.6 Å². The van der Waals surface area contributed by atoms with Gasteiger partial charge in [-0.3, -0.25) is 15.0 Å². The molecule has 0 amide bonds. The van der Waals surface area contributed by atoms with Crippen molar-refractivity contribution in [1.82, 2.24) is 10.2 Å². The maximum atomic E-state index is 11.7. The molecule has 4 heteroatoms. The predicted molar refractivity (Wildman–Crippen MR) is 80.9 cm³/mol. The highest BCUT2D eigenvalue weighted by atomic mass is 16.4. The van der Waals surface area contributed by atoms with Crippen LogP contribution in [-0.2, 0) is 4.79 Å². The Kier molecular flexibility index (Phi) is 5.08. The van der Waals surface area contributed by atoms with Crippen molar-refractivity contribution in [1.29, 1.82) is 0 Å². The molecule has 0 radical (unpaired) electrons. The van der Waals surface area contributed by atoms with Crippen LogP contribution in [0.5, 0.6) is 0 Å². The van der Waals surface area contributed by atoms with Gasteiger partial charge in [0.1, 0.15) is 5.54 Å². The second-order valence-corrected chi connectivity index (χ2v) is 7.16. The van der Waals surface area contributed by atoms with Gasteiger partial charge in [0.05, 0.1) is 0 Å². The summed E-state index contributed by atoms with van der Waals surface area (Å²) in [7, 11) is 0. The second-order valence-electron chi connectivity index (χ2n) is 7.16. The number of carboxylic acids is 1. The van der Waals surface area contributed by atoms with Gasteiger partial charge in [0.15, 0.2) is 0 Å². The predicted octanol–water partition coefficient (Wildman–Crippen LogP) is 2.48. The number of nitrogens with zero attached hydrogens (tertiary/aromatic N) is 1. The minimum absolute atomic E-state index is 0.184. The van der Waals surface area contributed by atoms with Crippen molar-refractivity contribution in [3.8, 4) is 0 Å². The molecule has 20 heavy (non-hydrogen) atoms. The minimum Gasteiger partial charge on any atom is -0.480 e. The van der Waals surface area contributed by atoms with E-state index >= 15 is 0 Å². The lowest BCUT2D eigenvalue weighted by atomic mass is 9.94. The first-order valence-electron chi connectivity index (χ1n) is 8.17. The second kappa shape index (κ2) is 6.44. The standard InChI is InChI=1S/C16H30N2O2/c1-12(2)17-16(3,15(19)20)11-18-10-6-9-14(18)13-7-4-5-8-13/h12-14,17H,4-11H2,1-3H3,(H,19,20). The summed E-state index contributed by atoms with van der Waals surface area (Å²) in [5.41, 5.74) is -0.838. The highest BCUT2D eigenvalue weighted by molar-refractivity contribution is 5.78. The van der Waals surface area contributed by atoms with Gasteiger partial charge in [-0.25, -0.2) is 0 Å². The Morgan fingerprint density at radius 2 is 1.95 bits per heavy atom. The van der Waals surface area contributed by atoms with Crippen LogP contribution in [0.3, 0.4) is 0 Å². The molecule has 0 bridgehead atoms. The van der Waals surface area contributed by atoms with Crippen LogP contribution in [0.1, 0.15) is 59.3 Å². The molecule has 2 atom stereocenters. The number of nitrogens with one attached hydrogen (secondary N) is 1. The summed E-state index contributed by atoms with van der Waals surface area (Å²) in [5.74, 6) is 0.0675. The summed E-state index contributed by atoms with van der Waals surface area (Å²) >= 11 is 0. The molecule has 2 fully saturated rings. The summed E-state index contributed by atoms with van der Waals surface area (Å²) < 4.78 is 0. The summed E-state index contributed by atoms with van der Waals surface area (Å²) in [5, 5.41) is 12.9. The van der Waals surface area contributed by atoms with Gasteiger partial charge in [-0.05, 0) is 58.9 Å². The fraction of sp³-hybridized carbons (Fsp3) is 0.938. The van der Waals surface area contributed by atoms with E-state index in [9.17, 15) is 9.90 Å². The molecule has 1 saturated heterocycles. The molecule has 0 aromatic rings. The molecular formula is C16H30N2O2. The maximum absolute atomic E-state index is 11.7. The van der Waals surface area contributed by atoms with Crippen molar-refractivity contribution in [2.75, 3.05) is 13.1 Å². The van der Waals surface area contributed by atoms with Gasteiger partial charge in [0.25, 0.3) is 0 Å². The van der Waals surface area contributed by atoms with Gasteiger partial charge < -0.3 is 5.11 Å². The van der Waals surface area contributed by atoms with E-state index in [1.807, 2.05) is 20.8 Å². The first-order chi connectivity index (χ1) is 9.42. The van der Waals surface area contributed by atoms with Crippen LogP contribution < -0.4 is 5.32 Å². The SMILES string of the molecule is CC(C)NC(C)(CN1CCCC1C1CCCC1)C(=O)O. The third-order valence-corrected chi connectivity index (χ3v) is 4.96. The zero-order valence-electron chi connectivity index (χ0n) is 13.2. The van der Waals surface area contributed by atoms with E-state index in [1.54, 1.807) is 0 Å².